The highest BCUT2D eigenvalue weighted by Crippen LogP contribution is 2.27. The van der Waals surface area contributed by atoms with Crippen LogP contribution < -0.4 is 10.1 Å². The van der Waals surface area contributed by atoms with Gasteiger partial charge in [-0.25, -0.2) is 0 Å². The second-order valence-electron chi connectivity index (χ2n) is 7.68. The summed E-state index contributed by atoms with van der Waals surface area (Å²) in [6.07, 6.45) is 0. The third-order valence-electron chi connectivity index (χ3n) is 5.28. The van der Waals surface area contributed by atoms with Crippen LogP contribution >= 0.6 is 23.4 Å². The van der Waals surface area contributed by atoms with E-state index in [0.717, 1.165) is 22.2 Å². The van der Waals surface area contributed by atoms with Crippen LogP contribution in [-0.2, 0) is 11.4 Å². The van der Waals surface area contributed by atoms with Gasteiger partial charge in [-0.1, -0.05) is 78.0 Å². The molecule has 0 aliphatic carbocycles. The number of benzene rings is 4. The third-order valence-corrected chi connectivity index (χ3v) is 6.46. The zero-order valence-corrected chi connectivity index (χ0v) is 20.2. The molecular formula is C27H21ClN4O2S. The first-order valence-electron chi connectivity index (χ1n) is 11.0. The number of nitrogens with one attached hydrogen (secondary N) is 1. The summed E-state index contributed by atoms with van der Waals surface area (Å²) in [5.41, 5.74) is 1.59. The third kappa shape index (κ3) is 5.48. The molecule has 4 aromatic carbocycles. The fourth-order valence-corrected chi connectivity index (χ4v) is 4.54. The number of fused-ring (bicyclic) bond motifs is 1. The second-order valence-corrected chi connectivity index (χ2v) is 9.06. The number of halogens is 1. The Morgan fingerprint density at radius 2 is 1.63 bits per heavy atom. The Morgan fingerprint density at radius 1 is 0.886 bits per heavy atom. The maximum atomic E-state index is 12.5. The number of ether oxygens (including phenoxy) is 1. The molecule has 0 radical (unpaired) electrons. The van der Waals surface area contributed by atoms with Gasteiger partial charge in [0.2, 0.25) is 5.91 Å². The van der Waals surface area contributed by atoms with Gasteiger partial charge in [-0.2, -0.15) is 0 Å². The van der Waals surface area contributed by atoms with Gasteiger partial charge in [-0.15, -0.1) is 10.2 Å². The van der Waals surface area contributed by atoms with Crippen LogP contribution in [0.1, 0.15) is 5.82 Å². The lowest BCUT2D eigenvalue weighted by Gasteiger charge is -2.12. The number of thioether (sulfide) groups is 1. The van der Waals surface area contributed by atoms with E-state index in [0.29, 0.717) is 21.7 Å². The largest absolute Gasteiger partial charge is 0.485 e. The zero-order chi connectivity index (χ0) is 24.0. The van der Waals surface area contributed by atoms with Crippen molar-refractivity contribution in [3.63, 3.8) is 0 Å². The van der Waals surface area contributed by atoms with Crippen molar-refractivity contribution in [1.82, 2.24) is 14.8 Å². The van der Waals surface area contributed by atoms with Crippen LogP contribution in [0, 0.1) is 0 Å². The summed E-state index contributed by atoms with van der Waals surface area (Å²) in [6.45, 7) is 0.230. The van der Waals surface area contributed by atoms with Gasteiger partial charge in [0.1, 0.15) is 12.4 Å². The van der Waals surface area contributed by atoms with Gasteiger partial charge in [-0.05, 0) is 47.9 Å². The number of carbonyl (C=O) groups is 1. The monoisotopic (exact) mass is 500 g/mol. The van der Waals surface area contributed by atoms with Crippen LogP contribution in [0.25, 0.3) is 16.5 Å². The molecule has 5 aromatic rings. The van der Waals surface area contributed by atoms with E-state index in [-0.39, 0.29) is 18.3 Å². The molecule has 6 nitrogen and oxygen atoms in total. The number of hydrogen-bond acceptors (Lipinski definition) is 5. The van der Waals surface area contributed by atoms with E-state index in [9.17, 15) is 4.79 Å². The number of amides is 1. The molecule has 0 saturated carbocycles. The lowest BCUT2D eigenvalue weighted by molar-refractivity contribution is -0.113. The van der Waals surface area contributed by atoms with Crippen molar-refractivity contribution in [2.24, 2.45) is 0 Å². The van der Waals surface area contributed by atoms with Gasteiger partial charge in [0, 0.05) is 21.8 Å². The molecule has 35 heavy (non-hydrogen) atoms. The van der Waals surface area contributed by atoms with Crippen molar-refractivity contribution in [3.05, 3.63) is 108 Å². The Balaban J connectivity index is 1.34. The van der Waals surface area contributed by atoms with Crippen LogP contribution in [0.4, 0.5) is 5.69 Å². The molecule has 5 rings (SSSR count). The van der Waals surface area contributed by atoms with E-state index in [4.69, 9.17) is 16.3 Å². The molecule has 0 bridgehead atoms. The Bertz CT molecular complexity index is 1450. The first-order valence-corrected chi connectivity index (χ1v) is 12.3. The summed E-state index contributed by atoms with van der Waals surface area (Å²) in [6, 6.07) is 30.9. The molecule has 1 aromatic heterocycles. The molecule has 174 valence electrons. The maximum absolute atomic E-state index is 12.5. The fourth-order valence-electron chi connectivity index (χ4n) is 3.65. The van der Waals surface area contributed by atoms with Gasteiger partial charge in [0.15, 0.2) is 11.0 Å². The van der Waals surface area contributed by atoms with Gasteiger partial charge in [0.25, 0.3) is 0 Å². The number of para-hydroxylation sites is 1. The summed E-state index contributed by atoms with van der Waals surface area (Å²) < 4.78 is 8.09. The fraction of sp³-hybridized carbons (Fsp3) is 0.0741. The van der Waals surface area contributed by atoms with Crippen molar-refractivity contribution >= 4 is 45.7 Å². The number of carbonyl (C=O) groups excluding carboxylic acids is 1. The van der Waals surface area contributed by atoms with Gasteiger partial charge >= 0.3 is 0 Å². The second kappa shape index (κ2) is 10.6. The average Bonchev–Trinajstić information content (AvgIpc) is 3.31. The van der Waals surface area contributed by atoms with Crippen LogP contribution in [0.3, 0.4) is 0 Å². The highest BCUT2D eigenvalue weighted by atomic mass is 35.5. The molecule has 0 aliphatic heterocycles. The van der Waals surface area contributed by atoms with Gasteiger partial charge in [-0.3, -0.25) is 9.36 Å². The number of anilines is 1. The minimum atomic E-state index is -0.145. The van der Waals surface area contributed by atoms with Gasteiger partial charge < -0.3 is 10.1 Å². The average molecular weight is 501 g/mol. The molecular weight excluding hydrogens is 480 g/mol. The molecule has 0 aliphatic rings. The minimum Gasteiger partial charge on any atom is -0.485 e. The summed E-state index contributed by atoms with van der Waals surface area (Å²) in [5, 5.41) is 15.0. The number of rotatable bonds is 8. The van der Waals surface area contributed by atoms with E-state index in [1.807, 2.05) is 65.2 Å². The highest BCUT2D eigenvalue weighted by molar-refractivity contribution is 7.99. The summed E-state index contributed by atoms with van der Waals surface area (Å²) in [4.78, 5) is 12.5. The molecule has 0 spiro atoms. The van der Waals surface area contributed by atoms with Crippen molar-refractivity contribution in [2.75, 3.05) is 11.1 Å². The maximum Gasteiger partial charge on any atom is 0.234 e. The predicted molar refractivity (Wildman–Crippen MR) is 140 cm³/mol. The topological polar surface area (TPSA) is 69.0 Å². The van der Waals surface area contributed by atoms with E-state index in [1.54, 1.807) is 24.3 Å². The van der Waals surface area contributed by atoms with E-state index in [1.165, 1.54) is 11.8 Å². The van der Waals surface area contributed by atoms with E-state index < -0.39 is 0 Å². The number of aromatic nitrogens is 3. The van der Waals surface area contributed by atoms with Crippen molar-refractivity contribution < 1.29 is 9.53 Å². The molecule has 0 fully saturated rings. The molecule has 0 unspecified atom stereocenters. The van der Waals surface area contributed by atoms with E-state index in [2.05, 4.69) is 27.6 Å². The summed E-state index contributed by atoms with van der Waals surface area (Å²) in [5.74, 6) is 1.46. The first kappa shape index (κ1) is 23.0. The van der Waals surface area contributed by atoms with Crippen molar-refractivity contribution in [3.8, 4) is 11.4 Å². The smallest absolute Gasteiger partial charge is 0.234 e. The lowest BCUT2D eigenvalue weighted by Crippen LogP contribution is -2.14. The van der Waals surface area contributed by atoms with Crippen LogP contribution in [0.2, 0.25) is 5.02 Å². The molecule has 1 heterocycles. The zero-order valence-electron chi connectivity index (χ0n) is 18.6. The normalized spacial score (nSPS) is 10.9. The Hall–Kier alpha value is -3.81. The van der Waals surface area contributed by atoms with E-state index >= 15 is 0 Å². The number of hydrogen-bond donors (Lipinski definition) is 1. The van der Waals surface area contributed by atoms with Crippen molar-refractivity contribution in [1.29, 1.82) is 0 Å². The van der Waals surface area contributed by atoms with Crippen LogP contribution in [0.15, 0.2) is 102 Å². The first-order chi connectivity index (χ1) is 17.2. The lowest BCUT2D eigenvalue weighted by atomic mass is 10.1. The quantitative estimate of drug-likeness (QED) is 0.250. The Morgan fingerprint density at radius 3 is 2.46 bits per heavy atom. The van der Waals surface area contributed by atoms with Crippen LogP contribution in [0.5, 0.6) is 5.75 Å². The van der Waals surface area contributed by atoms with Crippen molar-refractivity contribution in [2.45, 2.75) is 11.8 Å². The SMILES string of the molecule is O=C(CSc1nnc(COc2cccc3ccccc23)n1-c1ccccc1)Nc1ccc(Cl)cc1. The highest BCUT2D eigenvalue weighted by Gasteiger charge is 2.17. The summed E-state index contributed by atoms with van der Waals surface area (Å²) in [7, 11) is 0. The molecule has 8 heteroatoms. The van der Waals surface area contributed by atoms with Gasteiger partial charge in [0.05, 0.1) is 5.75 Å². The standard InChI is InChI=1S/C27H21ClN4O2S/c28-20-13-15-21(16-14-20)29-26(33)18-35-27-31-30-25(32(27)22-9-2-1-3-10-22)17-34-24-12-6-8-19-7-4-5-11-23(19)24/h1-16H,17-18H2,(H,29,33). The van der Waals surface area contributed by atoms with Crippen LogP contribution in [-0.4, -0.2) is 26.4 Å². The number of nitrogens with zero attached hydrogens (tertiary/aromatic N) is 3. The summed E-state index contributed by atoms with van der Waals surface area (Å²) >= 11 is 7.23. The Labute approximate surface area is 211 Å². The predicted octanol–water partition coefficient (Wildman–Crippen LogP) is 6.38. The molecule has 1 amide bonds. The Kier molecular flexibility index (Phi) is 6.97. The minimum absolute atomic E-state index is 0.145. The molecule has 1 N–H and O–H groups in total. The molecule has 0 atom stereocenters. The molecule has 0 saturated heterocycles.